The van der Waals surface area contributed by atoms with Crippen molar-refractivity contribution in [2.75, 3.05) is 0 Å². The Balaban J connectivity index is 0. The van der Waals surface area contributed by atoms with E-state index >= 15 is 0 Å². The number of aliphatic carboxylic acids is 1. The molecule has 0 fully saturated rings. The smallest absolute Gasteiger partial charge is 0.545 e. The van der Waals surface area contributed by atoms with Crippen molar-refractivity contribution in [2.45, 2.75) is 13.8 Å². The van der Waals surface area contributed by atoms with E-state index in [0.717, 1.165) is 11.6 Å². The maximum Gasteiger partial charge on any atom is 1.00 e. The molecule has 0 aromatic heterocycles. The number of carboxylic acid groups (broad SMARTS) is 1. The van der Waals surface area contributed by atoms with Crippen LogP contribution in [0.15, 0.2) is 24.0 Å². The Morgan fingerprint density at radius 3 is 2.15 bits per heavy atom. The van der Waals surface area contributed by atoms with Gasteiger partial charge in [0.2, 0.25) is 0 Å². The van der Waals surface area contributed by atoms with Crippen LogP contribution >= 0.6 is 0 Å². The van der Waals surface area contributed by atoms with E-state index in [4.69, 9.17) is 0 Å². The molecule has 13 heavy (non-hydrogen) atoms. The molecule has 5 heteroatoms. The van der Waals surface area contributed by atoms with Gasteiger partial charge in [-0.15, -0.1) is 0 Å². The van der Waals surface area contributed by atoms with E-state index < -0.39 is 11.9 Å². The number of carboxylic acids is 1. The standard InChI is InChI=1S/C8H10O4.Na/c1-6(2)5-12-8(11)4-3-7(9)10;/h3-5H,1-2H3,(H,9,10);/q;+1/p-1/b4-3-;. The van der Waals surface area contributed by atoms with Gasteiger partial charge in [-0.25, -0.2) is 4.79 Å². The van der Waals surface area contributed by atoms with Crippen molar-refractivity contribution in [1.82, 2.24) is 0 Å². The van der Waals surface area contributed by atoms with Crippen molar-refractivity contribution in [2.24, 2.45) is 0 Å². The Labute approximate surface area is 98.6 Å². The fourth-order valence-electron chi connectivity index (χ4n) is 0.351. The van der Waals surface area contributed by atoms with Crippen molar-refractivity contribution in [3.05, 3.63) is 24.0 Å². The third-order valence-corrected chi connectivity index (χ3v) is 0.766. The van der Waals surface area contributed by atoms with Crippen LogP contribution in [0.1, 0.15) is 13.8 Å². The fourth-order valence-corrected chi connectivity index (χ4v) is 0.351. The van der Waals surface area contributed by atoms with Crippen LogP contribution in [0.25, 0.3) is 0 Å². The van der Waals surface area contributed by atoms with E-state index in [-0.39, 0.29) is 29.6 Å². The molecule has 0 aliphatic heterocycles. The van der Waals surface area contributed by atoms with Crippen molar-refractivity contribution in [3.8, 4) is 0 Å². The minimum Gasteiger partial charge on any atom is -0.545 e. The van der Waals surface area contributed by atoms with Crippen LogP contribution in [-0.2, 0) is 14.3 Å². The zero-order chi connectivity index (χ0) is 9.56. The normalized spacial score (nSPS) is 8.77. The van der Waals surface area contributed by atoms with Gasteiger partial charge >= 0.3 is 35.5 Å². The molecule has 0 unspecified atom stereocenters. The number of carbonyl (C=O) groups is 2. The second-order valence-corrected chi connectivity index (χ2v) is 2.28. The van der Waals surface area contributed by atoms with Crippen LogP contribution in [0.5, 0.6) is 0 Å². The molecule has 0 aliphatic carbocycles. The average molecular weight is 192 g/mol. The van der Waals surface area contributed by atoms with Gasteiger partial charge in [0.05, 0.1) is 12.2 Å². The van der Waals surface area contributed by atoms with E-state index in [1.807, 2.05) is 0 Å². The summed E-state index contributed by atoms with van der Waals surface area (Å²) in [6, 6.07) is 0. The molecule has 0 spiro atoms. The number of hydrogen-bond acceptors (Lipinski definition) is 4. The molecule has 0 heterocycles. The molecular weight excluding hydrogens is 183 g/mol. The third kappa shape index (κ3) is 11.4. The van der Waals surface area contributed by atoms with Gasteiger partial charge in [0.15, 0.2) is 0 Å². The van der Waals surface area contributed by atoms with E-state index in [0.29, 0.717) is 6.08 Å². The summed E-state index contributed by atoms with van der Waals surface area (Å²) >= 11 is 0. The first-order valence-corrected chi connectivity index (χ1v) is 3.25. The zero-order valence-corrected chi connectivity index (χ0v) is 9.87. The van der Waals surface area contributed by atoms with Crippen molar-refractivity contribution in [3.63, 3.8) is 0 Å². The summed E-state index contributed by atoms with van der Waals surface area (Å²) in [6.07, 6.45) is 2.64. The number of hydrogen-bond donors (Lipinski definition) is 0. The van der Waals surface area contributed by atoms with Crippen LogP contribution in [0.4, 0.5) is 0 Å². The van der Waals surface area contributed by atoms with Crippen LogP contribution in [-0.4, -0.2) is 11.9 Å². The first-order chi connectivity index (χ1) is 5.52. The minimum atomic E-state index is -1.43. The van der Waals surface area contributed by atoms with E-state index in [1.165, 1.54) is 6.26 Å². The largest absolute Gasteiger partial charge is 1.00 e. The van der Waals surface area contributed by atoms with Gasteiger partial charge in [0.25, 0.3) is 0 Å². The topological polar surface area (TPSA) is 66.4 Å². The average Bonchev–Trinajstić information content (AvgIpc) is 1.96. The van der Waals surface area contributed by atoms with Crippen molar-refractivity contribution in [1.29, 1.82) is 0 Å². The SMILES string of the molecule is CC(C)=COC(=O)/C=C\C(=O)[O-].[Na+]. The summed E-state index contributed by atoms with van der Waals surface area (Å²) in [7, 11) is 0. The second-order valence-electron chi connectivity index (χ2n) is 2.28. The molecule has 0 rings (SSSR count). The number of carbonyl (C=O) groups excluding carboxylic acids is 2. The zero-order valence-electron chi connectivity index (χ0n) is 7.87. The molecule has 0 radical (unpaired) electrons. The van der Waals surface area contributed by atoms with Crippen LogP contribution in [0.2, 0.25) is 0 Å². The second kappa shape index (κ2) is 8.04. The molecule has 0 atom stereocenters. The third-order valence-electron chi connectivity index (χ3n) is 0.766. The Bertz CT molecular complexity index is 239. The summed E-state index contributed by atoms with van der Waals surface area (Å²) in [5.74, 6) is -2.16. The molecule has 66 valence electrons. The van der Waals surface area contributed by atoms with Crippen LogP contribution in [0.3, 0.4) is 0 Å². The summed E-state index contributed by atoms with van der Waals surface area (Å²) in [6.45, 7) is 3.49. The first kappa shape index (κ1) is 14.9. The fraction of sp³-hybridized carbons (Fsp3) is 0.250. The summed E-state index contributed by atoms with van der Waals surface area (Å²) < 4.78 is 4.47. The summed E-state index contributed by atoms with van der Waals surface area (Å²) in [5.41, 5.74) is 0.810. The molecular formula is C8H9NaO4. The van der Waals surface area contributed by atoms with Gasteiger partial charge < -0.3 is 14.6 Å². The number of esters is 1. The van der Waals surface area contributed by atoms with E-state index in [9.17, 15) is 14.7 Å². The predicted octanol–water partition coefficient (Wildman–Crippen LogP) is -3.24. The predicted molar refractivity (Wildman–Crippen MR) is 39.7 cm³/mol. The number of rotatable bonds is 3. The Kier molecular flexibility index (Phi) is 9.22. The molecule has 0 bridgehead atoms. The van der Waals surface area contributed by atoms with Gasteiger partial charge in [-0.3, -0.25) is 0 Å². The molecule has 0 aliphatic rings. The molecule has 0 N–H and O–H groups in total. The van der Waals surface area contributed by atoms with Gasteiger partial charge in [0.1, 0.15) is 0 Å². The quantitative estimate of drug-likeness (QED) is 0.204. The maximum absolute atomic E-state index is 10.6. The molecule has 0 aromatic rings. The summed E-state index contributed by atoms with van der Waals surface area (Å²) in [4.78, 5) is 20.4. The van der Waals surface area contributed by atoms with Crippen LogP contribution in [0, 0.1) is 0 Å². The Morgan fingerprint density at radius 1 is 1.23 bits per heavy atom. The molecule has 0 aromatic carbocycles. The number of allylic oxidation sites excluding steroid dienone is 1. The monoisotopic (exact) mass is 192 g/mol. The first-order valence-electron chi connectivity index (χ1n) is 3.25. The number of ether oxygens (including phenoxy) is 1. The van der Waals surface area contributed by atoms with E-state index in [1.54, 1.807) is 13.8 Å². The van der Waals surface area contributed by atoms with Crippen LogP contribution < -0.4 is 34.7 Å². The van der Waals surface area contributed by atoms with Crippen molar-refractivity contribution >= 4 is 11.9 Å². The maximum atomic E-state index is 10.6. The van der Waals surface area contributed by atoms with E-state index in [2.05, 4.69) is 4.74 Å². The molecule has 0 saturated heterocycles. The summed E-state index contributed by atoms with van der Waals surface area (Å²) in [5, 5.41) is 9.82. The van der Waals surface area contributed by atoms with Gasteiger partial charge in [-0.2, -0.15) is 0 Å². The molecule has 0 saturated carbocycles. The molecule has 0 amide bonds. The minimum absolute atomic E-state index is 0. The van der Waals surface area contributed by atoms with Crippen molar-refractivity contribution < 1.29 is 49.0 Å². The Morgan fingerprint density at radius 2 is 1.77 bits per heavy atom. The van der Waals surface area contributed by atoms with Gasteiger partial charge in [-0.1, -0.05) is 0 Å². The Hall–Kier alpha value is -0.580. The van der Waals surface area contributed by atoms with Gasteiger partial charge in [0, 0.05) is 6.08 Å². The van der Waals surface area contributed by atoms with Gasteiger partial charge in [-0.05, 0) is 25.5 Å². The molecule has 4 nitrogen and oxygen atoms in total.